The Balaban J connectivity index is 0.00000605. The molecule has 0 aromatic heterocycles. The Morgan fingerprint density at radius 1 is 0.322 bits per heavy atom. The van der Waals surface area contributed by atoms with Crippen molar-refractivity contribution in [2.24, 2.45) is 0 Å². The van der Waals surface area contributed by atoms with Crippen LogP contribution in [0, 0.1) is 118 Å². The third-order valence-corrected chi connectivity index (χ3v) is 12.1. The highest BCUT2D eigenvalue weighted by molar-refractivity contribution is 6.10. The second-order valence-corrected chi connectivity index (χ2v) is 17.0. The zero-order valence-electron chi connectivity index (χ0n) is 40.7. The fourth-order valence-electron chi connectivity index (χ4n) is 8.15. The number of hydrogen-bond acceptors (Lipinski definition) is 6. The first-order valence-electron chi connectivity index (χ1n) is 22.6. The Morgan fingerprint density at radius 3 is 0.747 bits per heavy atom. The fraction of sp³-hybridized carbons (Fsp3) is 0.0847. The van der Waals surface area contributed by atoms with Gasteiger partial charge >= 0.3 is 12.4 Å². The van der Waals surface area contributed by atoms with E-state index in [1.165, 1.54) is 12.1 Å². The summed E-state index contributed by atoms with van der Waals surface area (Å²) < 4.78 is 353. The van der Waals surface area contributed by atoms with Crippen molar-refractivity contribution < 1.29 is 125 Å². The van der Waals surface area contributed by atoms with Crippen LogP contribution in [0.2, 0.25) is 0 Å². The van der Waals surface area contributed by atoms with Crippen molar-refractivity contribution in [1.82, 2.24) is 0 Å². The van der Waals surface area contributed by atoms with Crippen molar-refractivity contribution in [3.8, 4) is 70.7 Å². The first-order valence-corrected chi connectivity index (χ1v) is 22.6. The minimum absolute atomic E-state index is 0. The van der Waals surface area contributed by atoms with E-state index in [1.807, 2.05) is 0 Å². The summed E-state index contributed by atoms with van der Waals surface area (Å²) in [6, 6.07) is 8.73. The number of alkyl halides is 6. The van der Waals surface area contributed by atoms with Crippen molar-refractivity contribution in [3.05, 3.63) is 235 Å². The van der Waals surface area contributed by atoms with E-state index in [4.69, 9.17) is 22.3 Å². The molecule has 8 aromatic carbocycles. The van der Waals surface area contributed by atoms with Crippen LogP contribution >= 0.6 is 0 Å². The first kappa shape index (κ1) is 66.0. The molecule has 0 atom stereocenters. The Kier molecular flexibility index (Phi) is 18.6. The van der Waals surface area contributed by atoms with Crippen LogP contribution in [0.25, 0.3) is 0 Å². The molecule has 0 unspecified atom stereocenters. The van der Waals surface area contributed by atoms with Crippen LogP contribution in [0.15, 0.2) is 97.1 Å². The number of hydrogen-bond donors (Lipinski definition) is 0. The van der Waals surface area contributed by atoms with Gasteiger partial charge in [-0.1, -0.05) is 63.1 Å². The molecule has 0 N–H and O–H groups in total. The lowest BCUT2D eigenvalue weighted by Gasteiger charge is -2.38. The zero-order chi connectivity index (χ0) is 62.7. The van der Waals surface area contributed by atoms with Gasteiger partial charge < -0.3 is 18.9 Å². The van der Waals surface area contributed by atoms with Gasteiger partial charge in [-0.2, -0.15) is 61.5 Å². The molecule has 0 amide bonds. The summed E-state index contributed by atoms with van der Waals surface area (Å²) in [5.74, 6) is -57.0. The molecule has 8 aromatic rings. The second-order valence-electron chi connectivity index (χ2n) is 17.0. The lowest BCUT2D eigenvalue weighted by Crippen LogP contribution is -2.54. The van der Waals surface area contributed by atoms with Crippen LogP contribution in [0.4, 0.5) is 96.6 Å². The van der Waals surface area contributed by atoms with Gasteiger partial charge in [-0.25, -0.2) is 35.1 Å². The lowest BCUT2D eigenvalue weighted by molar-refractivity contribution is -0.288. The van der Waals surface area contributed by atoms with Crippen LogP contribution in [0.3, 0.4) is 0 Å². The van der Waals surface area contributed by atoms with Crippen LogP contribution in [-0.2, 0) is 5.41 Å². The number of carbonyl (C=O) groups is 2. The topological polar surface area (TPSA) is 71.1 Å². The number of rotatable bonds is 14. The molecule has 0 aliphatic carbocycles. The summed E-state index contributed by atoms with van der Waals surface area (Å²) >= 11 is 0. The molecule has 0 heterocycles. The van der Waals surface area contributed by atoms with E-state index in [2.05, 4.69) is 21.3 Å². The normalized spacial score (nSPS) is 11.4. The van der Waals surface area contributed by atoms with Crippen molar-refractivity contribution in [1.29, 1.82) is 0 Å². The van der Waals surface area contributed by atoms with Gasteiger partial charge in [0.1, 0.15) is 45.3 Å². The average molecular weight is 1250 g/mol. The molecular formula is C59H26F22O6. The van der Waals surface area contributed by atoms with E-state index in [9.17, 15) is 9.59 Å². The van der Waals surface area contributed by atoms with Gasteiger partial charge in [0.15, 0.2) is 46.5 Å². The van der Waals surface area contributed by atoms with E-state index in [0.29, 0.717) is 0 Å². The Labute approximate surface area is 473 Å². The predicted molar refractivity (Wildman–Crippen MR) is 260 cm³/mol. The zero-order valence-corrected chi connectivity index (χ0v) is 40.7. The summed E-state index contributed by atoms with van der Waals surface area (Å²) in [6.45, 7) is 0. The van der Waals surface area contributed by atoms with Crippen LogP contribution in [0.1, 0.15) is 68.9 Å². The summed E-state index contributed by atoms with van der Waals surface area (Å²) in [5.41, 5.74) is -19.1. The van der Waals surface area contributed by atoms with Crippen molar-refractivity contribution in [2.75, 3.05) is 0 Å². The summed E-state index contributed by atoms with van der Waals surface area (Å²) in [6.07, 6.45) is -2.65. The van der Waals surface area contributed by atoms with Crippen molar-refractivity contribution in [3.63, 3.8) is 0 Å². The van der Waals surface area contributed by atoms with E-state index in [-0.39, 0.29) is 74.5 Å². The summed E-state index contributed by atoms with van der Waals surface area (Å²) in [4.78, 5) is 26.1. The second kappa shape index (κ2) is 24.5. The number of halogens is 22. The number of ketones is 2. The number of carbonyl (C=O) groups excluding carboxylic acids is 2. The Hall–Kier alpha value is -10.1. The quantitative estimate of drug-likeness (QED) is 0.0468. The maximum atomic E-state index is 15.4. The van der Waals surface area contributed by atoms with E-state index < -0.39 is 202 Å². The fourth-order valence-corrected chi connectivity index (χ4v) is 8.15. The molecule has 6 nitrogen and oxygen atoms in total. The number of ether oxygens (including phenoxy) is 4. The molecule has 8 rings (SSSR count). The van der Waals surface area contributed by atoms with Gasteiger partial charge in [0.25, 0.3) is 0 Å². The maximum absolute atomic E-state index is 15.4. The molecule has 28 heteroatoms. The molecule has 0 aliphatic heterocycles. The van der Waals surface area contributed by atoms with Crippen LogP contribution in [0.5, 0.6) is 46.0 Å². The Bertz CT molecular complexity index is 3800. The van der Waals surface area contributed by atoms with Gasteiger partial charge in [0, 0.05) is 11.1 Å². The standard InChI is InChI=1S/C57H18F22O6.2CH4/c1-3-21-7-5-9-27(19-21)84-53-45(70)37(62)31(38(63)46(53)71)49(80)29-33(58)41(66)51(42(67)34(29)59)82-25-15-11-23(12-16-25)55(56(74,75)76,57(77,78)79)24-13-17-26(18-14-24)83-52-43(68)35(60)30(36(61)44(52)69)50(81)32-39(64)47(72)54(48(73)40(32)65)85-28-10-6-8-22(4-2)20-28;;/h1-2,5-20H;2*1H4. The van der Waals surface area contributed by atoms with Crippen LogP contribution < -0.4 is 18.9 Å². The number of benzene rings is 8. The summed E-state index contributed by atoms with van der Waals surface area (Å²) in [7, 11) is 0. The molecule has 0 saturated heterocycles. The smallest absolute Gasteiger partial charge is 0.411 e. The minimum atomic E-state index is -6.52. The summed E-state index contributed by atoms with van der Waals surface area (Å²) in [5, 5.41) is 0. The van der Waals surface area contributed by atoms with Gasteiger partial charge in [0.2, 0.25) is 86.5 Å². The van der Waals surface area contributed by atoms with Gasteiger partial charge in [0.05, 0.1) is 0 Å². The Morgan fingerprint density at radius 2 is 0.540 bits per heavy atom. The molecule has 0 saturated carbocycles. The van der Waals surface area contributed by atoms with E-state index in [1.54, 1.807) is 0 Å². The van der Waals surface area contributed by atoms with Gasteiger partial charge in [-0.05, 0) is 71.8 Å². The molecule has 87 heavy (non-hydrogen) atoms. The van der Waals surface area contributed by atoms with E-state index >= 15 is 96.6 Å². The highest BCUT2D eigenvalue weighted by Crippen LogP contribution is 2.57. The molecule has 0 aliphatic rings. The van der Waals surface area contributed by atoms with E-state index in [0.717, 1.165) is 36.4 Å². The highest BCUT2D eigenvalue weighted by Gasteiger charge is 2.72. The van der Waals surface area contributed by atoms with Crippen molar-refractivity contribution in [2.45, 2.75) is 32.6 Å². The van der Waals surface area contributed by atoms with Gasteiger partial charge in [-0.3, -0.25) is 9.59 Å². The third-order valence-electron chi connectivity index (χ3n) is 12.1. The first-order chi connectivity index (χ1) is 39.8. The lowest BCUT2D eigenvalue weighted by atomic mass is 9.73. The molecule has 0 radical (unpaired) electrons. The highest BCUT2D eigenvalue weighted by atomic mass is 19.4. The minimum Gasteiger partial charge on any atom is -0.451 e. The van der Waals surface area contributed by atoms with Crippen molar-refractivity contribution >= 4 is 11.6 Å². The number of terminal acetylenes is 2. The third kappa shape index (κ3) is 11.2. The molecular weight excluding hydrogens is 1220 g/mol. The molecule has 0 spiro atoms. The molecule has 0 fully saturated rings. The molecule has 452 valence electrons. The average Bonchev–Trinajstić information content (AvgIpc) is 0.808. The monoisotopic (exact) mass is 1250 g/mol. The SMILES string of the molecule is C.C.C#Cc1cccc(Oc2c(F)c(F)c(C(=O)c3c(F)c(F)c(Oc4ccc(C(c5ccc(Oc6c(F)c(F)c(C(=O)c7c(F)c(F)c(Oc8cccc(C#C)c8)c(F)c7F)c(F)c6F)cc5)(C(F)(F)F)C(F)(F)F)cc4)c(F)c3F)c(F)c2F)c1. The largest absolute Gasteiger partial charge is 0.451 e. The maximum Gasteiger partial charge on any atom is 0.411 e. The van der Waals surface area contributed by atoms with Gasteiger partial charge in [-0.15, -0.1) is 12.8 Å². The van der Waals surface area contributed by atoms with Crippen LogP contribution in [-0.4, -0.2) is 23.9 Å². The molecule has 0 bridgehead atoms. The predicted octanol–water partition coefficient (Wildman–Crippen LogP) is 18.2.